The molecule has 0 aromatic heterocycles. The fourth-order valence-corrected chi connectivity index (χ4v) is 5.60. The van der Waals surface area contributed by atoms with Crippen molar-refractivity contribution in [3.63, 3.8) is 0 Å². The molecule has 3 aromatic carbocycles. The van der Waals surface area contributed by atoms with E-state index in [0.29, 0.717) is 29.9 Å². The second kappa shape index (κ2) is 12.4. The molecule has 0 saturated heterocycles. The van der Waals surface area contributed by atoms with Crippen molar-refractivity contribution in [3.8, 4) is 17.2 Å². The van der Waals surface area contributed by atoms with Gasteiger partial charge in [0.25, 0.3) is 32.0 Å². The van der Waals surface area contributed by atoms with E-state index in [1.807, 2.05) is 20.8 Å². The van der Waals surface area contributed by atoms with Crippen LogP contribution in [0.3, 0.4) is 0 Å². The Bertz CT molecular complexity index is 1700. The number of carbonyl (C=O) groups is 2. The van der Waals surface area contributed by atoms with Crippen molar-refractivity contribution >= 4 is 32.0 Å². The average molecular weight is 618 g/mol. The monoisotopic (exact) mass is 617 g/mol. The first-order chi connectivity index (χ1) is 19.8. The molecule has 224 valence electrons. The van der Waals surface area contributed by atoms with Crippen LogP contribution in [0.15, 0.2) is 65.6 Å². The van der Waals surface area contributed by atoms with Crippen LogP contribution in [-0.2, 0) is 31.4 Å². The first kappa shape index (κ1) is 30.8. The zero-order chi connectivity index (χ0) is 30.7. The quantitative estimate of drug-likeness (QED) is 0.291. The molecule has 12 nitrogen and oxygen atoms in total. The van der Waals surface area contributed by atoms with E-state index in [2.05, 4.69) is 4.72 Å². The van der Waals surface area contributed by atoms with E-state index >= 15 is 0 Å². The number of rotatable bonds is 11. The first-order valence-electron chi connectivity index (χ1n) is 13.0. The molecule has 1 atom stereocenters. The molecule has 1 unspecified atom stereocenters. The van der Waals surface area contributed by atoms with Crippen molar-refractivity contribution in [2.24, 2.45) is 5.14 Å². The number of hydrogen-bond donors (Lipinski definition) is 3. The number of amides is 2. The molecular formula is C28H31N3O9S2. The van der Waals surface area contributed by atoms with E-state index in [1.165, 1.54) is 36.4 Å². The fourth-order valence-electron chi connectivity index (χ4n) is 4.24. The van der Waals surface area contributed by atoms with Gasteiger partial charge in [-0.1, -0.05) is 45.4 Å². The van der Waals surface area contributed by atoms with Crippen LogP contribution >= 0.6 is 0 Å². The summed E-state index contributed by atoms with van der Waals surface area (Å²) >= 11 is 0. The van der Waals surface area contributed by atoms with Gasteiger partial charge in [0.05, 0.1) is 4.90 Å². The normalized spacial score (nSPS) is 13.5. The molecule has 2 amide bonds. The number of fused-ring (bicyclic) bond motifs is 1. The number of nitrogens with one attached hydrogen (secondary N) is 2. The Kier molecular flexibility index (Phi) is 9.09. The Labute approximate surface area is 244 Å². The van der Waals surface area contributed by atoms with Gasteiger partial charge in [0.15, 0.2) is 11.5 Å². The minimum absolute atomic E-state index is 0.00340. The first-order valence-corrected chi connectivity index (χ1v) is 16.0. The maximum Gasteiger partial charge on any atom is 0.298 e. The molecule has 0 radical (unpaired) electrons. The fraction of sp³-hybridized carbons (Fsp3) is 0.286. The molecule has 1 aliphatic rings. The second-order valence-corrected chi connectivity index (χ2v) is 12.8. The SMILES string of the molecule is CCCc1cc(C(=O)NS(N)(=O)=O)ccc1OC(C(=O)NS(=O)(=O)c1ccc(C(C)C)cc1)c1ccc2c(c1)OCO2. The lowest BCUT2D eigenvalue weighted by Crippen LogP contribution is -2.37. The third kappa shape index (κ3) is 7.38. The highest BCUT2D eigenvalue weighted by atomic mass is 32.2. The van der Waals surface area contributed by atoms with Crippen LogP contribution < -0.4 is 28.8 Å². The predicted molar refractivity (Wildman–Crippen MR) is 153 cm³/mol. The lowest BCUT2D eigenvalue weighted by atomic mass is 10.0. The number of sulfonamides is 1. The molecule has 0 spiro atoms. The van der Waals surface area contributed by atoms with Crippen molar-refractivity contribution in [2.45, 2.75) is 50.5 Å². The lowest BCUT2D eigenvalue weighted by Gasteiger charge is -2.22. The summed E-state index contributed by atoms with van der Waals surface area (Å²) in [5.74, 6) is -0.742. The summed E-state index contributed by atoms with van der Waals surface area (Å²) in [6.45, 7) is 5.81. The number of ether oxygens (including phenoxy) is 3. The topological polar surface area (TPSA) is 180 Å². The van der Waals surface area contributed by atoms with Gasteiger partial charge in [-0.2, -0.15) is 8.42 Å². The summed E-state index contributed by atoms with van der Waals surface area (Å²) in [6, 6.07) is 15.0. The number of benzene rings is 3. The summed E-state index contributed by atoms with van der Waals surface area (Å²) < 4.78 is 69.7. The molecule has 1 aliphatic heterocycles. The summed E-state index contributed by atoms with van der Waals surface area (Å²) in [5, 5.41) is 4.92. The van der Waals surface area contributed by atoms with E-state index < -0.39 is 38.2 Å². The maximum atomic E-state index is 13.6. The molecule has 4 N–H and O–H groups in total. The van der Waals surface area contributed by atoms with Gasteiger partial charge < -0.3 is 14.2 Å². The summed E-state index contributed by atoms with van der Waals surface area (Å²) in [5.41, 5.74) is 1.69. The Morgan fingerprint density at radius 3 is 2.21 bits per heavy atom. The van der Waals surface area contributed by atoms with Crippen molar-refractivity contribution in [2.75, 3.05) is 6.79 Å². The van der Waals surface area contributed by atoms with Gasteiger partial charge in [-0.05, 0) is 65.9 Å². The van der Waals surface area contributed by atoms with Gasteiger partial charge in [0, 0.05) is 11.1 Å². The van der Waals surface area contributed by atoms with Crippen LogP contribution in [0, 0.1) is 0 Å². The highest BCUT2D eigenvalue weighted by Gasteiger charge is 2.30. The predicted octanol–water partition coefficient (Wildman–Crippen LogP) is 3.05. The van der Waals surface area contributed by atoms with E-state index in [4.69, 9.17) is 19.3 Å². The number of nitrogens with two attached hydrogens (primary N) is 1. The Balaban J connectivity index is 1.69. The summed E-state index contributed by atoms with van der Waals surface area (Å²) in [6.07, 6.45) is -0.469. The maximum absolute atomic E-state index is 13.6. The largest absolute Gasteiger partial charge is 0.475 e. The smallest absolute Gasteiger partial charge is 0.298 e. The van der Waals surface area contributed by atoms with Crippen LogP contribution in [0.2, 0.25) is 0 Å². The summed E-state index contributed by atoms with van der Waals surface area (Å²) in [7, 11) is -8.56. The van der Waals surface area contributed by atoms with E-state index in [9.17, 15) is 26.4 Å². The molecule has 1 heterocycles. The highest BCUT2D eigenvalue weighted by molar-refractivity contribution is 7.90. The molecule has 0 bridgehead atoms. The van der Waals surface area contributed by atoms with Crippen LogP contribution in [0.5, 0.6) is 17.2 Å². The molecule has 0 fully saturated rings. The van der Waals surface area contributed by atoms with Crippen LogP contribution in [0.25, 0.3) is 0 Å². The molecule has 0 saturated carbocycles. The van der Waals surface area contributed by atoms with Gasteiger partial charge in [0.2, 0.25) is 12.9 Å². The van der Waals surface area contributed by atoms with Gasteiger partial charge in [-0.15, -0.1) is 0 Å². The molecule has 14 heteroatoms. The van der Waals surface area contributed by atoms with Gasteiger partial charge in [-0.3, -0.25) is 9.59 Å². The second-order valence-electron chi connectivity index (χ2n) is 9.85. The number of carbonyl (C=O) groups excluding carboxylic acids is 2. The zero-order valence-corrected chi connectivity index (χ0v) is 24.8. The van der Waals surface area contributed by atoms with E-state index in [1.54, 1.807) is 29.0 Å². The van der Waals surface area contributed by atoms with Crippen LogP contribution in [-0.4, -0.2) is 35.4 Å². The minimum Gasteiger partial charge on any atom is -0.475 e. The Morgan fingerprint density at radius 1 is 0.905 bits per heavy atom. The molecule has 0 aliphatic carbocycles. The Morgan fingerprint density at radius 2 is 1.57 bits per heavy atom. The molecule has 3 aromatic rings. The standard InChI is InChI=1S/C28H31N3O9S2/c1-4-5-19-14-21(27(32)31-42(29,36)37)9-12-23(19)40-26(20-8-13-24-25(15-20)39-16-38-24)28(33)30-41(34,35)22-10-6-18(7-11-22)17(2)3/h6-15,17,26H,4-5,16H2,1-3H3,(H,30,33)(H,31,32)(H2,29,36,37). The van der Waals surface area contributed by atoms with Crippen molar-refractivity contribution in [3.05, 3.63) is 82.9 Å². The number of aryl methyl sites for hydroxylation is 1. The summed E-state index contributed by atoms with van der Waals surface area (Å²) in [4.78, 5) is 25.9. The Hall–Kier alpha value is -4.14. The average Bonchev–Trinajstić information content (AvgIpc) is 3.39. The van der Waals surface area contributed by atoms with E-state index in [-0.39, 0.29) is 34.5 Å². The number of hydrogen-bond acceptors (Lipinski definition) is 9. The molecular weight excluding hydrogens is 586 g/mol. The van der Waals surface area contributed by atoms with Crippen LogP contribution in [0.4, 0.5) is 0 Å². The minimum atomic E-state index is -4.29. The van der Waals surface area contributed by atoms with Gasteiger partial charge in [0.1, 0.15) is 5.75 Å². The highest BCUT2D eigenvalue weighted by Crippen LogP contribution is 2.36. The van der Waals surface area contributed by atoms with Crippen molar-refractivity contribution in [1.82, 2.24) is 9.44 Å². The van der Waals surface area contributed by atoms with Crippen molar-refractivity contribution < 1.29 is 40.6 Å². The van der Waals surface area contributed by atoms with Crippen LogP contribution in [0.1, 0.15) is 66.3 Å². The third-order valence-corrected chi connectivity index (χ3v) is 8.18. The van der Waals surface area contributed by atoms with Gasteiger partial charge >= 0.3 is 0 Å². The molecule has 4 rings (SSSR count). The lowest BCUT2D eigenvalue weighted by molar-refractivity contribution is -0.126. The van der Waals surface area contributed by atoms with E-state index in [0.717, 1.165) is 5.56 Å². The van der Waals surface area contributed by atoms with Gasteiger partial charge in [-0.25, -0.2) is 23.0 Å². The third-order valence-electron chi connectivity index (χ3n) is 6.35. The molecule has 42 heavy (non-hydrogen) atoms. The van der Waals surface area contributed by atoms with Crippen molar-refractivity contribution in [1.29, 1.82) is 0 Å². The zero-order valence-electron chi connectivity index (χ0n) is 23.1.